The second-order valence-corrected chi connectivity index (χ2v) is 7.14. The van der Waals surface area contributed by atoms with Gasteiger partial charge in [0, 0.05) is 11.3 Å². The molecule has 2 saturated heterocycles. The van der Waals surface area contributed by atoms with Gasteiger partial charge in [0.2, 0.25) is 0 Å². The van der Waals surface area contributed by atoms with E-state index in [4.69, 9.17) is 0 Å². The van der Waals surface area contributed by atoms with Gasteiger partial charge in [0.1, 0.15) is 0 Å². The van der Waals surface area contributed by atoms with Crippen molar-refractivity contribution in [1.82, 2.24) is 10.2 Å². The van der Waals surface area contributed by atoms with Gasteiger partial charge in [-0.2, -0.15) is 11.8 Å². The molecule has 2 nitrogen and oxygen atoms in total. The Bertz CT molecular complexity index is 214. The van der Waals surface area contributed by atoms with Crippen molar-refractivity contribution in [2.24, 2.45) is 5.92 Å². The second-order valence-electron chi connectivity index (χ2n) is 5.66. The average molecular weight is 256 g/mol. The van der Waals surface area contributed by atoms with Crippen LogP contribution >= 0.6 is 11.8 Å². The summed E-state index contributed by atoms with van der Waals surface area (Å²) in [6.07, 6.45) is 7.10. The summed E-state index contributed by atoms with van der Waals surface area (Å²) in [6, 6.07) is 0.874. The average Bonchev–Trinajstić information content (AvgIpc) is 2.38. The maximum Gasteiger partial charge on any atom is 0.0212 e. The molecule has 2 atom stereocenters. The van der Waals surface area contributed by atoms with Crippen LogP contribution in [0.5, 0.6) is 0 Å². The summed E-state index contributed by atoms with van der Waals surface area (Å²) in [6.45, 7) is 6.33. The van der Waals surface area contributed by atoms with Gasteiger partial charge in [-0.15, -0.1) is 0 Å². The van der Waals surface area contributed by atoms with Gasteiger partial charge >= 0.3 is 0 Å². The van der Waals surface area contributed by atoms with E-state index in [9.17, 15) is 0 Å². The summed E-state index contributed by atoms with van der Waals surface area (Å²) < 4.78 is 0. The molecule has 0 bridgehead atoms. The lowest BCUT2D eigenvalue weighted by molar-refractivity contribution is 0.121. The van der Waals surface area contributed by atoms with Crippen molar-refractivity contribution in [1.29, 1.82) is 0 Å². The molecule has 0 aromatic carbocycles. The third kappa shape index (κ3) is 3.87. The molecule has 2 unspecified atom stereocenters. The van der Waals surface area contributed by atoms with Gasteiger partial charge in [-0.25, -0.2) is 0 Å². The quantitative estimate of drug-likeness (QED) is 0.832. The first-order chi connectivity index (χ1) is 8.31. The van der Waals surface area contributed by atoms with Gasteiger partial charge < -0.3 is 5.32 Å². The van der Waals surface area contributed by atoms with Crippen LogP contribution in [0.25, 0.3) is 0 Å². The zero-order valence-corrected chi connectivity index (χ0v) is 12.3. The molecule has 0 radical (unpaired) electrons. The Labute approximate surface area is 111 Å². The van der Waals surface area contributed by atoms with E-state index in [0.29, 0.717) is 0 Å². The fourth-order valence-corrected chi connectivity index (χ4v) is 4.54. The lowest BCUT2D eigenvalue weighted by Gasteiger charge is -2.42. The van der Waals surface area contributed by atoms with Crippen molar-refractivity contribution in [3.05, 3.63) is 0 Å². The van der Waals surface area contributed by atoms with E-state index in [0.717, 1.165) is 17.2 Å². The highest BCUT2D eigenvalue weighted by Crippen LogP contribution is 2.31. The molecule has 1 N–H and O–H groups in total. The number of nitrogens with zero attached hydrogens (tertiary/aromatic N) is 1. The SMILES string of the molecule is CNCCC1CCN(C2CCCSC2C)CC1. The molecule has 0 amide bonds. The maximum absolute atomic E-state index is 3.28. The van der Waals surface area contributed by atoms with Gasteiger partial charge in [-0.3, -0.25) is 4.90 Å². The second kappa shape index (κ2) is 7.01. The molecule has 0 spiro atoms. The van der Waals surface area contributed by atoms with Crippen LogP contribution in [0.3, 0.4) is 0 Å². The summed E-state index contributed by atoms with van der Waals surface area (Å²) in [5.41, 5.74) is 0. The lowest BCUT2D eigenvalue weighted by Crippen LogP contribution is -2.47. The first-order valence-electron chi connectivity index (χ1n) is 7.31. The van der Waals surface area contributed by atoms with Crippen molar-refractivity contribution in [2.45, 2.75) is 50.3 Å². The van der Waals surface area contributed by atoms with E-state index in [-0.39, 0.29) is 0 Å². The summed E-state index contributed by atoms with van der Waals surface area (Å²) in [4.78, 5) is 2.78. The van der Waals surface area contributed by atoms with E-state index < -0.39 is 0 Å². The van der Waals surface area contributed by atoms with E-state index >= 15 is 0 Å². The van der Waals surface area contributed by atoms with Gasteiger partial charge in [0.25, 0.3) is 0 Å². The molecule has 0 aromatic heterocycles. The molecule has 100 valence electrons. The van der Waals surface area contributed by atoms with Crippen LogP contribution < -0.4 is 5.32 Å². The van der Waals surface area contributed by atoms with Crippen LogP contribution in [0.2, 0.25) is 0 Å². The van der Waals surface area contributed by atoms with Gasteiger partial charge in [0.05, 0.1) is 0 Å². The number of thioether (sulfide) groups is 1. The fraction of sp³-hybridized carbons (Fsp3) is 1.00. The molecule has 0 saturated carbocycles. The number of rotatable bonds is 4. The predicted molar refractivity (Wildman–Crippen MR) is 77.8 cm³/mol. The molecular weight excluding hydrogens is 228 g/mol. The van der Waals surface area contributed by atoms with Gasteiger partial charge in [0.15, 0.2) is 0 Å². The highest BCUT2D eigenvalue weighted by Gasteiger charge is 2.30. The Kier molecular flexibility index (Phi) is 5.64. The third-order valence-electron chi connectivity index (χ3n) is 4.49. The minimum Gasteiger partial charge on any atom is -0.320 e. The third-order valence-corrected chi connectivity index (χ3v) is 5.85. The zero-order valence-electron chi connectivity index (χ0n) is 11.5. The van der Waals surface area contributed by atoms with Crippen LogP contribution in [0.1, 0.15) is 39.0 Å². The predicted octanol–water partition coefficient (Wildman–Crippen LogP) is 2.59. The maximum atomic E-state index is 3.28. The van der Waals surface area contributed by atoms with Gasteiger partial charge in [-0.05, 0) is 70.5 Å². The molecule has 3 heteroatoms. The molecule has 17 heavy (non-hydrogen) atoms. The summed E-state index contributed by atoms with van der Waals surface area (Å²) in [5.74, 6) is 2.36. The Morgan fingerprint density at radius 1 is 1.24 bits per heavy atom. The Hall–Kier alpha value is 0.270. The minimum absolute atomic E-state index is 0.859. The molecule has 2 fully saturated rings. The molecule has 2 aliphatic rings. The highest BCUT2D eigenvalue weighted by molar-refractivity contribution is 7.99. The summed E-state index contributed by atoms with van der Waals surface area (Å²) >= 11 is 2.18. The van der Waals surface area contributed by atoms with Crippen molar-refractivity contribution < 1.29 is 0 Å². The van der Waals surface area contributed by atoms with Crippen LogP contribution in [0.4, 0.5) is 0 Å². The Balaban J connectivity index is 1.74. The molecule has 0 aliphatic carbocycles. The minimum atomic E-state index is 0.859. The lowest BCUT2D eigenvalue weighted by atomic mass is 9.91. The van der Waals surface area contributed by atoms with Crippen molar-refractivity contribution in [3.8, 4) is 0 Å². The van der Waals surface area contributed by atoms with Crippen molar-refractivity contribution in [3.63, 3.8) is 0 Å². The molecule has 0 aromatic rings. The Morgan fingerprint density at radius 3 is 2.65 bits per heavy atom. The molecule has 2 aliphatic heterocycles. The van der Waals surface area contributed by atoms with E-state index in [1.165, 1.54) is 57.5 Å². The van der Waals surface area contributed by atoms with Crippen LogP contribution in [0, 0.1) is 5.92 Å². The van der Waals surface area contributed by atoms with E-state index in [1.54, 1.807) is 0 Å². The normalized spacial score (nSPS) is 32.8. The topological polar surface area (TPSA) is 15.3 Å². The van der Waals surface area contributed by atoms with Crippen LogP contribution in [-0.2, 0) is 0 Å². The number of nitrogens with one attached hydrogen (secondary N) is 1. The van der Waals surface area contributed by atoms with Crippen molar-refractivity contribution >= 4 is 11.8 Å². The van der Waals surface area contributed by atoms with Crippen LogP contribution in [-0.4, -0.2) is 48.6 Å². The number of hydrogen-bond donors (Lipinski definition) is 1. The largest absolute Gasteiger partial charge is 0.320 e. The van der Waals surface area contributed by atoms with Gasteiger partial charge in [-0.1, -0.05) is 6.92 Å². The fourth-order valence-electron chi connectivity index (χ4n) is 3.31. The van der Waals surface area contributed by atoms with E-state index in [2.05, 4.69) is 35.9 Å². The number of likely N-dealkylation sites (tertiary alicyclic amines) is 1. The standard InChI is InChI=1S/C14H28N2S/c1-12-14(4-3-11-17-12)16-9-6-13(7-10-16)5-8-15-2/h12-15H,3-11H2,1-2H3. The van der Waals surface area contributed by atoms with Crippen LogP contribution in [0.15, 0.2) is 0 Å². The number of hydrogen-bond acceptors (Lipinski definition) is 3. The highest BCUT2D eigenvalue weighted by atomic mass is 32.2. The monoisotopic (exact) mass is 256 g/mol. The summed E-state index contributed by atoms with van der Waals surface area (Å²) in [7, 11) is 2.07. The first-order valence-corrected chi connectivity index (χ1v) is 8.36. The zero-order chi connectivity index (χ0) is 12.1. The van der Waals surface area contributed by atoms with E-state index in [1.807, 2.05) is 0 Å². The molecule has 2 rings (SSSR count). The smallest absolute Gasteiger partial charge is 0.0212 e. The Morgan fingerprint density at radius 2 is 2.00 bits per heavy atom. The summed E-state index contributed by atoms with van der Waals surface area (Å²) in [5, 5.41) is 4.14. The molecular formula is C14H28N2S. The van der Waals surface area contributed by atoms with Crippen molar-refractivity contribution in [2.75, 3.05) is 32.4 Å². The number of piperidine rings is 1. The first kappa shape index (κ1) is 13.7. The molecule has 2 heterocycles.